The minimum atomic E-state index is -0.401. The highest BCUT2D eigenvalue weighted by Gasteiger charge is 2.23. The van der Waals surface area contributed by atoms with Crippen molar-refractivity contribution >= 4 is 6.09 Å². The predicted octanol–water partition coefficient (Wildman–Crippen LogP) is 2.19. The molecule has 6 nitrogen and oxygen atoms in total. The lowest BCUT2D eigenvalue weighted by molar-refractivity contribution is 0.171. The van der Waals surface area contributed by atoms with E-state index in [4.69, 9.17) is 4.74 Å². The summed E-state index contributed by atoms with van der Waals surface area (Å²) in [5.41, 5.74) is 2.17. The summed E-state index contributed by atoms with van der Waals surface area (Å²) < 4.78 is 9.84. The molecular formula is C16H25N3O3. The molecule has 2 N–H and O–H groups in total. The Kier molecular flexibility index (Phi) is 6.00. The highest BCUT2D eigenvalue weighted by atomic mass is 16.5. The molecule has 122 valence electrons. The first kappa shape index (κ1) is 16.5. The van der Waals surface area contributed by atoms with Gasteiger partial charge in [-0.1, -0.05) is 0 Å². The zero-order valence-corrected chi connectivity index (χ0v) is 13.5. The molecule has 1 fully saturated rings. The van der Waals surface area contributed by atoms with E-state index in [0.29, 0.717) is 18.5 Å². The van der Waals surface area contributed by atoms with Gasteiger partial charge in [-0.2, -0.15) is 0 Å². The lowest BCUT2D eigenvalue weighted by Gasteiger charge is -2.16. The number of carbonyl (C=O) groups excluding carboxylic acids is 1. The van der Waals surface area contributed by atoms with E-state index in [1.54, 1.807) is 7.11 Å². The number of carbonyl (C=O) groups is 1. The third-order valence-corrected chi connectivity index (χ3v) is 3.71. The highest BCUT2D eigenvalue weighted by molar-refractivity contribution is 5.66. The van der Waals surface area contributed by atoms with Crippen LogP contribution in [0.5, 0.6) is 5.88 Å². The Labute approximate surface area is 131 Å². The molecule has 0 aliphatic heterocycles. The fraction of sp³-hybridized carbons (Fsp3) is 0.625. The van der Waals surface area contributed by atoms with Crippen LogP contribution >= 0.6 is 0 Å². The molecule has 1 aliphatic rings. The zero-order chi connectivity index (χ0) is 15.9. The van der Waals surface area contributed by atoms with Crippen molar-refractivity contribution in [2.75, 3.05) is 20.8 Å². The number of nitrogens with one attached hydrogen (secondary N) is 2. The van der Waals surface area contributed by atoms with Gasteiger partial charge in [0.1, 0.15) is 0 Å². The van der Waals surface area contributed by atoms with Crippen molar-refractivity contribution in [1.29, 1.82) is 0 Å². The lowest BCUT2D eigenvalue weighted by atomic mass is 10.1. The van der Waals surface area contributed by atoms with Gasteiger partial charge in [0.05, 0.1) is 14.2 Å². The van der Waals surface area contributed by atoms with Gasteiger partial charge < -0.3 is 20.1 Å². The minimum absolute atomic E-state index is 0.288. The van der Waals surface area contributed by atoms with Crippen LogP contribution in [-0.4, -0.2) is 37.9 Å². The molecule has 1 aliphatic carbocycles. The fourth-order valence-electron chi connectivity index (χ4n) is 2.30. The molecule has 1 saturated carbocycles. The number of amides is 1. The summed E-state index contributed by atoms with van der Waals surface area (Å²) in [5, 5.41) is 6.25. The van der Waals surface area contributed by atoms with Crippen molar-refractivity contribution in [3.63, 3.8) is 0 Å². The average molecular weight is 307 g/mol. The number of hydrogen-bond acceptors (Lipinski definition) is 5. The second kappa shape index (κ2) is 7.98. The molecule has 0 unspecified atom stereocenters. The van der Waals surface area contributed by atoms with E-state index in [1.165, 1.54) is 25.5 Å². The Bertz CT molecular complexity index is 503. The number of rotatable bonds is 8. The largest absolute Gasteiger partial charge is 0.481 e. The third kappa shape index (κ3) is 5.18. The third-order valence-electron chi connectivity index (χ3n) is 3.71. The van der Waals surface area contributed by atoms with Crippen LogP contribution in [0.1, 0.15) is 43.5 Å². The normalized spacial score (nSPS) is 15.2. The van der Waals surface area contributed by atoms with E-state index in [1.807, 2.05) is 6.07 Å². The summed E-state index contributed by atoms with van der Waals surface area (Å²) in [7, 11) is 2.99. The summed E-state index contributed by atoms with van der Waals surface area (Å²) >= 11 is 0. The molecule has 1 aromatic heterocycles. The van der Waals surface area contributed by atoms with Gasteiger partial charge >= 0.3 is 6.09 Å². The van der Waals surface area contributed by atoms with E-state index in [0.717, 1.165) is 18.5 Å². The molecule has 1 amide bonds. The SMILES string of the molecule is COC(=O)NCCCc1cc([C@@H](C)NC2CC2)cc(OC)n1. The summed E-state index contributed by atoms with van der Waals surface area (Å²) in [6, 6.07) is 5.04. The van der Waals surface area contributed by atoms with E-state index >= 15 is 0 Å². The van der Waals surface area contributed by atoms with Crippen LogP contribution in [0, 0.1) is 0 Å². The van der Waals surface area contributed by atoms with Crippen LogP contribution in [0.3, 0.4) is 0 Å². The van der Waals surface area contributed by atoms with Crippen molar-refractivity contribution < 1.29 is 14.3 Å². The van der Waals surface area contributed by atoms with Crippen molar-refractivity contribution in [2.45, 2.75) is 44.7 Å². The van der Waals surface area contributed by atoms with Crippen LogP contribution in [0.25, 0.3) is 0 Å². The number of nitrogens with zero attached hydrogens (tertiary/aromatic N) is 1. The van der Waals surface area contributed by atoms with Crippen LogP contribution in [0.4, 0.5) is 4.79 Å². The number of aromatic nitrogens is 1. The Morgan fingerprint density at radius 3 is 2.82 bits per heavy atom. The molecule has 1 atom stereocenters. The maximum Gasteiger partial charge on any atom is 0.406 e. The fourth-order valence-corrected chi connectivity index (χ4v) is 2.30. The molecule has 1 heterocycles. The highest BCUT2D eigenvalue weighted by Crippen LogP contribution is 2.25. The van der Waals surface area contributed by atoms with Gasteiger partial charge in [0.25, 0.3) is 0 Å². The molecule has 0 spiro atoms. The summed E-state index contributed by atoms with van der Waals surface area (Å²) in [5.74, 6) is 0.637. The molecule has 0 radical (unpaired) electrons. The molecule has 0 aromatic carbocycles. The molecular weight excluding hydrogens is 282 g/mol. The summed E-state index contributed by atoms with van der Waals surface area (Å²) in [6.45, 7) is 2.73. The molecule has 0 saturated heterocycles. The number of methoxy groups -OCH3 is 2. The van der Waals surface area contributed by atoms with Gasteiger partial charge in [-0.15, -0.1) is 0 Å². The molecule has 0 bridgehead atoms. The van der Waals surface area contributed by atoms with E-state index in [9.17, 15) is 4.79 Å². The van der Waals surface area contributed by atoms with Crippen LogP contribution < -0.4 is 15.4 Å². The lowest BCUT2D eigenvalue weighted by Crippen LogP contribution is -2.24. The minimum Gasteiger partial charge on any atom is -0.481 e. The quantitative estimate of drug-likeness (QED) is 0.720. The second-order valence-electron chi connectivity index (χ2n) is 5.62. The zero-order valence-electron chi connectivity index (χ0n) is 13.5. The predicted molar refractivity (Wildman–Crippen MR) is 84.1 cm³/mol. The van der Waals surface area contributed by atoms with Gasteiger partial charge in [0.15, 0.2) is 0 Å². The molecule has 1 aromatic rings. The van der Waals surface area contributed by atoms with Gasteiger partial charge in [-0.05, 0) is 44.2 Å². The smallest absolute Gasteiger partial charge is 0.406 e. The maximum atomic E-state index is 11.0. The van der Waals surface area contributed by atoms with Gasteiger partial charge in [0, 0.05) is 30.4 Å². The molecule has 6 heteroatoms. The van der Waals surface area contributed by atoms with Gasteiger partial charge in [0.2, 0.25) is 5.88 Å². The number of hydrogen-bond donors (Lipinski definition) is 2. The van der Waals surface area contributed by atoms with E-state index in [-0.39, 0.29) is 6.04 Å². The second-order valence-corrected chi connectivity index (χ2v) is 5.62. The van der Waals surface area contributed by atoms with Crippen LogP contribution in [0.2, 0.25) is 0 Å². The monoisotopic (exact) mass is 307 g/mol. The number of aryl methyl sites for hydroxylation is 1. The number of alkyl carbamates (subject to hydrolysis) is 1. The first-order valence-corrected chi connectivity index (χ1v) is 7.75. The number of pyridine rings is 1. The molecule has 22 heavy (non-hydrogen) atoms. The summed E-state index contributed by atoms with van der Waals surface area (Å²) in [4.78, 5) is 15.5. The van der Waals surface area contributed by atoms with Crippen LogP contribution in [-0.2, 0) is 11.2 Å². The van der Waals surface area contributed by atoms with Crippen molar-refractivity contribution in [3.8, 4) is 5.88 Å². The topological polar surface area (TPSA) is 72.5 Å². The standard InChI is InChI=1S/C16H25N3O3/c1-11(18-13-6-7-13)12-9-14(19-15(10-12)21-2)5-4-8-17-16(20)22-3/h9-11,13,18H,4-8H2,1-3H3,(H,17,20)/t11-/m1/s1. The summed E-state index contributed by atoms with van der Waals surface area (Å²) in [6.07, 6.45) is 3.71. The average Bonchev–Trinajstić information content (AvgIpc) is 3.34. The van der Waals surface area contributed by atoms with E-state index in [2.05, 4.69) is 33.3 Å². The van der Waals surface area contributed by atoms with Gasteiger partial charge in [-0.25, -0.2) is 9.78 Å². The van der Waals surface area contributed by atoms with E-state index < -0.39 is 6.09 Å². The van der Waals surface area contributed by atoms with Crippen molar-refractivity contribution in [1.82, 2.24) is 15.6 Å². The first-order valence-electron chi connectivity index (χ1n) is 7.75. The maximum absolute atomic E-state index is 11.0. The Hall–Kier alpha value is -1.82. The van der Waals surface area contributed by atoms with Crippen molar-refractivity contribution in [3.05, 3.63) is 23.4 Å². The Balaban J connectivity index is 1.92. The Morgan fingerprint density at radius 1 is 1.41 bits per heavy atom. The first-order chi connectivity index (χ1) is 10.6. The van der Waals surface area contributed by atoms with Gasteiger partial charge in [-0.3, -0.25) is 0 Å². The van der Waals surface area contributed by atoms with Crippen LogP contribution in [0.15, 0.2) is 12.1 Å². The number of ether oxygens (including phenoxy) is 2. The molecule has 2 rings (SSSR count). The van der Waals surface area contributed by atoms with Crippen molar-refractivity contribution in [2.24, 2.45) is 0 Å². The Morgan fingerprint density at radius 2 is 2.18 bits per heavy atom.